The Morgan fingerprint density at radius 2 is 1.33 bits per heavy atom. The number of rotatable bonds is 6. The minimum atomic E-state index is -0.415. The molecule has 2 amide bonds. The number of imide groups is 1. The molecule has 0 aromatic heterocycles. The average molecular weight is 421 g/mol. The summed E-state index contributed by atoms with van der Waals surface area (Å²) in [6, 6.07) is 20.8. The number of carbonyl (C=O) groups is 2. The zero-order valence-electron chi connectivity index (χ0n) is 15.8. The highest BCUT2D eigenvalue weighted by Gasteiger charge is 2.39. The Balaban J connectivity index is 1.64. The second kappa shape index (κ2) is 8.63. The predicted molar refractivity (Wildman–Crippen MR) is 112 cm³/mol. The van der Waals surface area contributed by atoms with Gasteiger partial charge in [0.1, 0.15) is 11.6 Å². The molecule has 4 rings (SSSR count). The molecule has 0 saturated heterocycles. The molecule has 0 N–H and O–H groups in total. The maximum Gasteiger partial charge on any atom is 0.268 e. The summed E-state index contributed by atoms with van der Waals surface area (Å²) in [5.74, 6) is -1.54. The second-order valence-electron chi connectivity index (χ2n) is 6.76. The Bertz CT molecular complexity index is 1110. The van der Waals surface area contributed by atoms with Crippen molar-refractivity contribution < 1.29 is 18.4 Å². The monoisotopic (exact) mass is 421 g/mol. The molecule has 0 unspecified atom stereocenters. The van der Waals surface area contributed by atoms with Crippen LogP contribution >= 0.6 is 11.8 Å². The fraction of sp³-hybridized carbons (Fsp3) is 0.0833. The largest absolute Gasteiger partial charge is 0.274 e. The molecule has 3 aromatic carbocycles. The van der Waals surface area contributed by atoms with Gasteiger partial charge in [-0.05, 0) is 53.9 Å². The Labute approximate surface area is 177 Å². The first-order chi connectivity index (χ1) is 14.5. The van der Waals surface area contributed by atoms with Gasteiger partial charge in [-0.15, -0.1) is 0 Å². The third kappa shape index (κ3) is 4.19. The Morgan fingerprint density at radius 3 is 1.97 bits per heavy atom. The molecule has 1 heterocycles. The molecular weight excluding hydrogens is 404 g/mol. The van der Waals surface area contributed by atoms with E-state index in [9.17, 15) is 18.4 Å². The van der Waals surface area contributed by atoms with Crippen molar-refractivity contribution in [2.45, 2.75) is 11.3 Å². The summed E-state index contributed by atoms with van der Waals surface area (Å²) in [6.45, 7) is 0.173. The molecule has 0 saturated carbocycles. The van der Waals surface area contributed by atoms with E-state index in [0.29, 0.717) is 16.9 Å². The van der Waals surface area contributed by atoms with Crippen molar-refractivity contribution in [1.82, 2.24) is 4.90 Å². The van der Waals surface area contributed by atoms with Crippen LogP contribution in [0, 0.1) is 11.6 Å². The van der Waals surface area contributed by atoms with Gasteiger partial charge >= 0.3 is 0 Å². The molecule has 0 bridgehead atoms. The lowest BCUT2D eigenvalue weighted by Crippen LogP contribution is -2.33. The van der Waals surface area contributed by atoms with Crippen LogP contribution in [0.1, 0.15) is 11.1 Å². The van der Waals surface area contributed by atoms with E-state index in [0.717, 1.165) is 10.5 Å². The quantitative estimate of drug-likeness (QED) is 0.521. The van der Waals surface area contributed by atoms with Gasteiger partial charge in [0.15, 0.2) is 0 Å². The smallest absolute Gasteiger partial charge is 0.268 e. The van der Waals surface area contributed by atoms with Crippen LogP contribution in [0.15, 0.2) is 88.7 Å². The summed E-state index contributed by atoms with van der Waals surface area (Å²) in [5, 5.41) is 0. The van der Waals surface area contributed by atoms with E-state index >= 15 is 0 Å². The van der Waals surface area contributed by atoms with Gasteiger partial charge in [-0.3, -0.25) is 14.5 Å². The van der Waals surface area contributed by atoms with Gasteiger partial charge in [-0.2, -0.15) is 0 Å². The zero-order chi connectivity index (χ0) is 21.1. The lowest BCUT2D eigenvalue weighted by Gasteiger charge is -2.15. The van der Waals surface area contributed by atoms with Crippen LogP contribution in [0.5, 0.6) is 0 Å². The number of nitrogens with zero attached hydrogens (tertiary/aromatic N) is 1. The molecule has 1 aliphatic rings. The Morgan fingerprint density at radius 1 is 0.733 bits per heavy atom. The molecule has 1 aliphatic heterocycles. The molecule has 0 radical (unpaired) electrons. The van der Waals surface area contributed by atoms with Crippen LogP contribution in [0.4, 0.5) is 8.78 Å². The van der Waals surface area contributed by atoms with Gasteiger partial charge in [0.05, 0.1) is 10.5 Å². The average Bonchev–Trinajstić information content (AvgIpc) is 2.98. The van der Waals surface area contributed by atoms with Gasteiger partial charge < -0.3 is 0 Å². The Hall–Kier alpha value is -3.25. The SMILES string of the molecule is O=C1C(Sc2ccccc2)=C(c2ccc(F)cc2)C(=O)N1CCc1ccc(F)cc1. The van der Waals surface area contributed by atoms with Crippen molar-refractivity contribution in [2.75, 3.05) is 6.54 Å². The third-order valence-electron chi connectivity index (χ3n) is 4.76. The molecule has 0 aliphatic carbocycles. The topological polar surface area (TPSA) is 37.4 Å². The normalized spacial score (nSPS) is 14.0. The first-order valence-electron chi connectivity index (χ1n) is 9.36. The number of thioether (sulfide) groups is 1. The minimum Gasteiger partial charge on any atom is -0.274 e. The Kier molecular flexibility index (Phi) is 5.77. The predicted octanol–water partition coefficient (Wildman–Crippen LogP) is 5.08. The van der Waals surface area contributed by atoms with E-state index < -0.39 is 11.7 Å². The van der Waals surface area contributed by atoms with Gasteiger partial charge in [-0.1, -0.05) is 54.2 Å². The fourth-order valence-electron chi connectivity index (χ4n) is 3.22. The fourth-order valence-corrected chi connectivity index (χ4v) is 4.25. The van der Waals surface area contributed by atoms with Crippen molar-refractivity contribution in [3.63, 3.8) is 0 Å². The maximum absolute atomic E-state index is 13.4. The molecule has 3 nitrogen and oxygen atoms in total. The van der Waals surface area contributed by atoms with Crippen molar-refractivity contribution in [3.05, 3.63) is 107 Å². The van der Waals surface area contributed by atoms with Crippen LogP contribution < -0.4 is 0 Å². The van der Waals surface area contributed by atoms with E-state index in [-0.39, 0.29) is 23.8 Å². The molecule has 6 heteroatoms. The summed E-state index contributed by atoms with van der Waals surface area (Å²) >= 11 is 1.22. The van der Waals surface area contributed by atoms with E-state index in [2.05, 4.69) is 0 Å². The number of carbonyl (C=O) groups excluding carboxylic acids is 2. The molecule has 0 fully saturated rings. The van der Waals surface area contributed by atoms with Crippen molar-refractivity contribution in [2.24, 2.45) is 0 Å². The highest BCUT2D eigenvalue weighted by atomic mass is 32.2. The summed E-state index contributed by atoms with van der Waals surface area (Å²) in [7, 11) is 0. The van der Waals surface area contributed by atoms with Crippen LogP contribution in [0.25, 0.3) is 5.57 Å². The van der Waals surface area contributed by atoms with Crippen LogP contribution in [-0.2, 0) is 16.0 Å². The van der Waals surface area contributed by atoms with Crippen molar-refractivity contribution in [1.29, 1.82) is 0 Å². The van der Waals surface area contributed by atoms with Gasteiger partial charge in [0.25, 0.3) is 11.8 Å². The summed E-state index contributed by atoms with van der Waals surface area (Å²) in [5.41, 5.74) is 1.59. The zero-order valence-corrected chi connectivity index (χ0v) is 16.7. The number of halogens is 2. The van der Waals surface area contributed by atoms with E-state index in [1.165, 1.54) is 53.1 Å². The van der Waals surface area contributed by atoms with Crippen LogP contribution in [0.3, 0.4) is 0 Å². The number of hydrogen-bond acceptors (Lipinski definition) is 3. The first-order valence-corrected chi connectivity index (χ1v) is 10.2. The lowest BCUT2D eigenvalue weighted by molar-refractivity contribution is -0.136. The van der Waals surface area contributed by atoms with Gasteiger partial charge in [-0.25, -0.2) is 8.78 Å². The first kappa shape index (κ1) is 20.0. The van der Waals surface area contributed by atoms with Gasteiger partial charge in [0.2, 0.25) is 0 Å². The molecular formula is C24H17F2NO2S. The highest BCUT2D eigenvalue weighted by molar-refractivity contribution is 8.04. The second-order valence-corrected chi connectivity index (χ2v) is 7.85. The number of benzene rings is 3. The van der Waals surface area contributed by atoms with E-state index in [1.807, 2.05) is 30.3 Å². The molecule has 150 valence electrons. The lowest BCUT2D eigenvalue weighted by atomic mass is 10.1. The van der Waals surface area contributed by atoms with Crippen LogP contribution in [0.2, 0.25) is 0 Å². The van der Waals surface area contributed by atoms with E-state index in [1.54, 1.807) is 12.1 Å². The standard InChI is InChI=1S/C24H17F2NO2S/c25-18-10-6-16(7-11-18)14-15-27-23(28)21(17-8-12-19(26)13-9-17)22(24(27)29)30-20-4-2-1-3-5-20/h1-13H,14-15H2. The highest BCUT2D eigenvalue weighted by Crippen LogP contribution is 2.39. The molecule has 0 spiro atoms. The number of amides is 2. The summed E-state index contributed by atoms with van der Waals surface area (Å²) < 4.78 is 26.5. The molecule has 0 atom stereocenters. The summed E-state index contributed by atoms with van der Waals surface area (Å²) in [4.78, 5) is 28.6. The minimum absolute atomic E-state index is 0.173. The number of hydrogen-bond donors (Lipinski definition) is 0. The molecule has 30 heavy (non-hydrogen) atoms. The third-order valence-corrected chi connectivity index (χ3v) is 5.85. The van der Waals surface area contributed by atoms with Gasteiger partial charge in [0, 0.05) is 11.4 Å². The molecule has 3 aromatic rings. The van der Waals surface area contributed by atoms with E-state index in [4.69, 9.17) is 0 Å². The van der Waals surface area contributed by atoms with Crippen molar-refractivity contribution in [3.8, 4) is 0 Å². The van der Waals surface area contributed by atoms with Crippen molar-refractivity contribution >= 4 is 29.1 Å². The summed E-state index contributed by atoms with van der Waals surface area (Å²) in [6.07, 6.45) is 0.414. The maximum atomic E-state index is 13.4. The van der Waals surface area contributed by atoms with Crippen LogP contribution in [-0.4, -0.2) is 23.3 Å².